The van der Waals surface area contributed by atoms with Crippen molar-refractivity contribution in [2.45, 2.75) is 89.9 Å². The van der Waals surface area contributed by atoms with Crippen LogP contribution in [-0.2, 0) is 0 Å². The molecule has 0 heteroatoms. The summed E-state index contributed by atoms with van der Waals surface area (Å²) in [5.41, 5.74) is 1.55. The molecule has 8 saturated carbocycles. The van der Waals surface area contributed by atoms with Crippen molar-refractivity contribution in [1.82, 2.24) is 0 Å². The van der Waals surface area contributed by atoms with Crippen LogP contribution in [0.1, 0.15) is 89.9 Å². The first kappa shape index (κ1) is 15.1. The molecule has 0 saturated heterocycles. The third kappa shape index (κ3) is 2.04. The van der Waals surface area contributed by atoms with Gasteiger partial charge in [0.2, 0.25) is 0 Å². The van der Waals surface area contributed by atoms with Gasteiger partial charge in [-0.1, -0.05) is 13.3 Å². The van der Waals surface area contributed by atoms with Crippen molar-refractivity contribution < 1.29 is 0 Å². The van der Waals surface area contributed by atoms with E-state index in [0.717, 1.165) is 52.3 Å². The van der Waals surface area contributed by atoms with Gasteiger partial charge in [0.05, 0.1) is 0 Å². The minimum absolute atomic E-state index is 0.776. The summed E-state index contributed by atoms with van der Waals surface area (Å²) < 4.78 is 0. The molecule has 8 rings (SSSR count). The van der Waals surface area contributed by atoms with E-state index >= 15 is 0 Å². The summed E-state index contributed by atoms with van der Waals surface area (Å²) in [5.74, 6) is 7.80. The van der Waals surface area contributed by atoms with Gasteiger partial charge >= 0.3 is 0 Å². The Balaban J connectivity index is 1.38. The molecule has 8 aliphatic rings. The van der Waals surface area contributed by atoms with Crippen LogP contribution in [-0.4, -0.2) is 0 Å². The van der Waals surface area contributed by atoms with Crippen LogP contribution in [0.15, 0.2) is 0 Å². The average Bonchev–Trinajstić information content (AvgIpc) is 2.49. The average molecular weight is 326 g/mol. The lowest BCUT2D eigenvalue weighted by Crippen LogP contribution is -2.58. The highest BCUT2D eigenvalue weighted by Gasteiger charge is 2.62. The second kappa shape index (κ2) is 5.04. The van der Waals surface area contributed by atoms with E-state index in [4.69, 9.17) is 0 Å². The van der Waals surface area contributed by atoms with Crippen molar-refractivity contribution in [1.29, 1.82) is 0 Å². The fraction of sp³-hybridized carbons (Fsp3) is 0.958. The first-order chi connectivity index (χ1) is 11.7. The van der Waals surface area contributed by atoms with E-state index in [9.17, 15) is 0 Å². The van der Waals surface area contributed by atoms with Crippen LogP contribution in [0.2, 0.25) is 0 Å². The lowest BCUT2D eigenvalue weighted by Gasteiger charge is -2.67. The highest BCUT2D eigenvalue weighted by molar-refractivity contribution is 5.12. The van der Waals surface area contributed by atoms with E-state index in [0.29, 0.717) is 0 Å². The van der Waals surface area contributed by atoms with Gasteiger partial charge in [-0.15, -0.1) is 0 Å². The van der Waals surface area contributed by atoms with Crippen molar-refractivity contribution in [3.05, 3.63) is 6.92 Å². The van der Waals surface area contributed by atoms with Crippen LogP contribution < -0.4 is 0 Å². The maximum atomic E-state index is 4.38. The zero-order valence-corrected chi connectivity index (χ0v) is 15.6. The van der Waals surface area contributed by atoms with Gasteiger partial charge in [-0.25, -0.2) is 0 Å². The van der Waals surface area contributed by atoms with Crippen molar-refractivity contribution in [2.75, 3.05) is 0 Å². The molecule has 8 aliphatic carbocycles. The molecule has 0 aliphatic heterocycles. The Hall–Kier alpha value is 0. The molecule has 0 atom stereocenters. The van der Waals surface area contributed by atoms with Gasteiger partial charge in [0.1, 0.15) is 0 Å². The maximum Gasteiger partial charge on any atom is -0.0256 e. The Morgan fingerprint density at radius 3 is 1.12 bits per heavy atom. The van der Waals surface area contributed by atoms with Crippen LogP contribution in [0, 0.1) is 59.2 Å². The number of hydrogen-bond acceptors (Lipinski definition) is 0. The molecule has 0 aromatic carbocycles. The Bertz CT molecular complexity index is 400. The van der Waals surface area contributed by atoms with Gasteiger partial charge in [-0.3, -0.25) is 0 Å². The molecule has 0 heterocycles. The van der Waals surface area contributed by atoms with E-state index < -0.39 is 0 Å². The predicted octanol–water partition coefficient (Wildman–Crippen LogP) is 6.65. The molecular formula is C24H37. The SMILES string of the molecule is [CH2]CCC(C12CC3CC(CC(C3)C1)C2)C12CC3CC(CC(C3)C1)C2. The van der Waals surface area contributed by atoms with Crippen molar-refractivity contribution in [2.24, 2.45) is 52.3 Å². The molecule has 0 spiro atoms. The molecule has 0 unspecified atom stereocenters. The minimum Gasteiger partial charge on any atom is -0.0533 e. The van der Waals surface area contributed by atoms with E-state index in [1.165, 1.54) is 12.8 Å². The molecule has 8 bridgehead atoms. The fourth-order valence-corrected chi connectivity index (χ4v) is 10.7. The molecule has 0 amide bonds. The zero-order chi connectivity index (χ0) is 15.9. The standard InChI is InChI=1S/C24H37/c1-2-3-22(23-10-16-4-17(11-23)6-18(5-16)12-23)24-13-19-7-20(14-24)9-21(8-19)15-24/h16-22H,1-15H2. The largest absolute Gasteiger partial charge is 0.0533 e. The molecule has 0 nitrogen and oxygen atoms in total. The summed E-state index contributed by atoms with van der Waals surface area (Å²) in [4.78, 5) is 0. The summed E-state index contributed by atoms with van der Waals surface area (Å²) in [5, 5.41) is 0. The third-order valence-electron chi connectivity index (χ3n) is 10.1. The quantitative estimate of drug-likeness (QED) is 0.543. The van der Waals surface area contributed by atoms with Crippen LogP contribution in [0.3, 0.4) is 0 Å². The molecule has 1 radical (unpaired) electrons. The van der Waals surface area contributed by atoms with Gasteiger partial charge in [0.15, 0.2) is 0 Å². The van der Waals surface area contributed by atoms with Gasteiger partial charge < -0.3 is 0 Å². The van der Waals surface area contributed by atoms with Crippen molar-refractivity contribution in [3.8, 4) is 0 Å². The third-order valence-corrected chi connectivity index (χ3v) is 10.1. The van der Waals surface area contributed by atoms with E-state index in [-0.39, 0.29) is 0 Å². The van der Waals surface area contributed by atoms with Crippen molar-refractivity contribution in [3.63, 3.8) is 0 Å². The Morgan fingerprint density at radius 1 is 0.583 bits per heavy atom. The number of rotatable bonds is 4. The van der Waals surface area contributed by atoms with Crippen LogP contribution in [0.4, 0.5) is 0 Å². The molecule has 0 aromatic heterocycles. The van der Waals surface area contributed by atoms with Gasteiger partial charge in [-0.2, -0.15) is 0 Å². The second-order valence-corrected chi connectivity index (χ2v) is 11.8. The topological polar surface area (TPSA) is 0 Å². The van der Waals surface area contributed by atoms with Crippen molar-refractivity contribution >= 4 is 0 Å². The Kier molecular flexibility index (Phi) is 3.17. The minimum atomic E-state index is 0.776. The van der Waals surface area contributed by atoms with Crippen LogP contribution >= 0.6 is 0 Å². The van der Waals surface area contributed by atoms with Gasteiger partial charge in [0.25, 0.3) is 0 Å². The maximum absolute atomic E-state index is 4.38. The highest BCUT2D eigenvalue weighted by atomic mass is 14.7. The molecule has 0 aromatic rings. The number of hydrogen-bond donors (Lipinski definition) is 0. The molecule has 24 heavy (non-hydrogen) atoms. The lowest BCUT2D eigenvalue weighted by atomic mass is 9.38. The molecule has 0 N–H and O–H groups in total. The first-order valence-corrected chi connectivity index (χ1v) is 11.5. The molecule has 8 fully saturated rings. The molecule has 133 valence electrons. The van der Waals surface area contributed by atoms with E-state index in [2.05, 4.69) is 6.92 Å². The summed E-state index contributed by atoms with van der Waals surface area (Å²) in [6.45, 7) is 4.38. The second-order valence-electron chi connectivity index (χ2n) is 11.8. The normalized spacial score (nSPS) is 58.4. The first-order valence-electron chi connectivity index (χ1n) is 11.5. The summed E-state index contributed by atoms with van der Waals surface area (Å²) in [6.07, 6.45) is 22.1. The smallest absolute Gasteiger partial charge is 0.0256 e. The monoisotopic (exact) mass is 325 g/mol. The van der Waals surface area contributed by atoms with E-state index in [1.54, 1.807) is 77.0 Å². The van der Waals surface area contributed by atoms with Crippen LogP contribution in [0.25, 0.3) is 0 Å². The predicted molar refractivity (Wildman–Crippen MR) is 99.3 cm³/mol. The Labute approximate surface area is 149 Å². The zero-order valence-electron chi connectivity index (χ0n) is 15.6. The summed E-state index contributed by atoms with van der Waals surface area (Å²) in [6, 6.07) is 0. The highest BCUT2D eigenvalue weighted by Crippen LogP contribution is 2.72. The summed E-state index contributed by atoms with van der Waals surface area (Å²) in [7, 11) is 0. The van der Waals surface area contributed by atoms with Gasteiger partial charge in [0, 0.05) is 0 Å². The van der Waals surface area contributed by atoms with Gasteiger partial charge in [-0.05, 0) is 136 Å². The fourth-order valence-electron chi connectivity index (χ4n) is 10.7. The lowest BCUT2D eigenvalue weighted by molar-refractivity contribution is -0.173. The Morgan fingerprint density at radius 2 is 0.875 bits per heavy atom. The van der Waals surface area contributed by atoms with Crippen LogP contribution in [0.5, 0.6) is 0 Å². The van der Waals surface area contributed by atoms with E-state index in [1.807, 2.05) is 0 Å². The molecular weight excluding hydrogens is 288 g/mol. The summed E-state index contributed by atoms with van der Waals surface area (Å²) >= 11 is 0.